The highest BCUT2D eigenvalue weighted by Gasteiger charge is 2.41. The van der Waals surface area contributed by atoms with Gasteiger partial charge in [-0.15, -0.1) is 0 Å². The molecule has 0 radical (unpaired) electrons. The minimum Gasteiger partial charge on any atom is -0.497 e. The van der Waals surface area contributed by atoms with Gasteiger partial charge in [-0.2, -0.15) is 0 Å². The van der Waals surface area contributed by atoms with E-state index in [1.807, 2.05) is 30.5 Å². The van der Waals surface area contributed by atoms with Gasteiger partial charge in [-0.25, -0.2) is 0 Å². The number of aromatic nitrogens is 2. The summed E-state index contributed by atoms with van der Waals surface area (Å²) in [6.07, 6.45) is 2.89. The molecule has 0 unspecified atom stereocenters. The van der Waals surface area contributed by atoms with Crippen LogP contribution in [0.2, 0.25) is 0 Å². The molecule has 0 aliphatic carbocycles. The molecule has 0 spiro atoms. The van der Waals surface area contributed by atoms with Crippen LogP contribution in [0.1, 0.15) is 35.6 Å². The molecule has 1 N–H and O–H groups in total. The quantitative estimate of drug-likeness (QED) is 0.480. The van der Waals surface area contributed by atoms with Gasteiger partial charge in [0.1, 0.15) is 5.75 Å². The van der Waals surface area contributed by atoms with Crippen LogP contribution in [0.25, 0.3) is 5.69 Å². The molecule has 2 saturated heterocycles. The number of hydrogen-bond donors (Lipinski definition) is 1. The lowest BCUT2D eigenvalue weighted by Crippen LogP contribution is -2.39. The topological polar surface area (TPSA) is 54.8 Å². The zero-order valence-corrected chi connectivity index (χ0v) is 21.2. The molecule has 5 rings (SSSR count). The van der Waals surface area contributed by atoms with Crippen LogP contribution in [0.5, 0.6) is 5.75 Å². The molecule has 0 amide bonds. The zero-order chi connectivity index (χ0) is 24.2. The van der Waals surface area contributed by atoms with Crippen molar-refractivity contribution in [2.24, 2.45) is 0 Å². The van der Waals surface area contributed by atoms with Gasteiger partial charge in [0.15, 0.2) is 5.11 Å². The first kappa shape index (κ1) is 23.8. The van der Waals surface area contributed by atoms with Crippen molar-refractivity contribution in [3.63, 3.8) is 0 Å². The first-order valence-electron chi connectivity index (χ1n) is 12.3. The maximum atomic E-state index is 5.89. The number of morpholine rings is 1. The third-order valence-electron chi connectivity index (χ3n) is 6.91. The monoisotopic (exact) mass is 491 g/mol. The summed E-state index contributed by atoms with van der Waals surface area (Å²) in [6, 6.07) is 18.7. The highest BCUT2D eigenvalue weighted by Crippen LogP contribution is 2.40. The molecule has 2 fully saturated rings. The van der Waals surface area contributed by atoms with Gasteiger partial charge >= 0.3 is 0 Å². The highest BCUT2D eigenvalue weighted by molar-refractivity contribution is 7.80. The number of hydrogen-bond acceptors (Lipinski definition) is 5. The second kappa shape index (κ2) is 10.8. The lowest BCUT2D eigenvalue weighted by atomic mass is 10.0. The maximum Gasteiger partial charge on any atom is 0.170 e. The van der Waals surface area contributed by atoms with E-state index in [1.165, 1.54) is 11.4 Å². The Morgan fingerprint density at radius 1 is 1.06 bits per heavy atom. The van der Waals surface area contributed by atoms with Gasteiger partial charge in [0.05, 0.1) is 38.1 Å². The molecule has 2 atom stereocenters. The SMILES string of the molecule is COc1ccc(-n2c(C)ccc2[C@@H]2[C@H](c3ccccn3)NC(=S)N2CCCN2CCOCC2)cc1. The molecule has 35 heavy (non-hydrogen) atoms. The Kier molecular flexibility index (Phi) is 7.32. The Hall–Kier alpha value is -2.94. The lowest BCUT2D eigenvalue weighted by molar-refractivity contribution is 0.0365. The number of aryl methyl sites for hydroxylation is 1. The average molecular weight is 492 g/mol. The summed E-state index contributed by atoms with van der Waals surface area (Å²) in [5, 5.41) is 4.38. The number of nitrogens with one attached hydrogen (secondary N) is 1. The summed E-state index contributed by atoms with van der Waals surface area (Å²) in [5.41, 5.74) is 4.47. The second-order valence-electron chi connectivity index (χ2n) is 9.06. The summed E-state index contributed by atoms with van der Waals surface area (Å²) in [4.78, 5) is 9.52. The standard InChI is InChI=1S/C27H33N5O2S/c1-20-7-12-24(32(20)21-8-10-22(33-2)11-9-21)26-25(23-6-3-4-13-28-23)29-27(35)31(26)15-5-14-30-16-18-34-19-17-30/h3-4,6-13,25-26H,5,14-19H2,1-2H3,(H,29,35)/t25-,26+/m0/s1. The highest BCUT2D eigenvalue weighted by atomic mass is 32.1. The summed E-state index contributed by atoms with van der Waals surface area (Å²) in [5.74, 6) is 0.847. The Labute approximate surface area is 212 Å². The molecule has 2 aliphatic heterocycles. The van der Waals surface area contributed by atoms with Crippen molar-refractivity contribution < 1.29 is 9.47 Å². The third-order valence-corrected chi connectivity index (χ3v) is 7.27. The Morgan fingerprint density at radius 2 is 1.86 bits per heavy atom. The smallest absolute Gasteiger partial charge is 0.170 e. The maximum absolute atomic E-state index is 5.89. The average Bonchev–Trinajstić information content (AvgIpc) is 3.44. The molecule has 2 aromatic heterocycles. The van der Waals surface area contributed by atoms with Crippen LogP contribution in [0.3, 0.4) is 0 Å². The van der Waals surface area contributed by atoms with Crippen LogP contribution in [-0.4, -0.2) is 71.0 Å². The summed E-state index contributed by atoms with van der Waals surface area (Å²) >= 11 is 5.89. The van der Waals surface area contributed by atoms with Gasteiger partial charge in [-0.05, 0) is 74.1 Å². The predicted octanol–water partition coefficient (Wildman–Crippen LogP) is 3.88. The van der Waals surface area contributed by atoms with E-state index in [-0.39, 0.29) is 12.1 Å². The molecule has 0 saturated carbocycles. The van der Waals surface area contributed by atoms with Gasteiger partial charge < -0.3 is 24.3 Å². The second-order valence-corrected chi connectivity index (χ2v) is 9.45. The molecule has 3 aromatic rings. The molecular weight excluding hydrogens is 458 g/mol. The minimum absolute atomic E-state index is 0.0258. The van der Waals surface area contributed by atoms with Crippen molar-refractivity contribution in [3.8, 4) is 11.4 Å². The number of pyridine rings is 1. The van der Waals surface area contributed by atoms with Crippen LogP contribution in [0.15, 0.2) is 60.8 Å². The van der Waals surface area contributed by atoms with Gasteiger partial charge in [-0.3, -0.25) is 9.88 Å². The number of rotatable bonds is 8. The van der Waals surface area contributed by atoms with E-state index in [4.69, 9.17) is 26.7 Å². The predicted molar refractivity (Wildman–Crippen MR) is 141 cm³/mol. The first-order valence-corrected chi connectivity index (χ1v) is 12.7. The first-order chi connectivity index (χ1) is 17.2. The number of ether oxygens (including phenoxy) is 2. The molecule has 1 aromatic carbocycles. The normalized spacial score (nSPS) is 20.7. The minimum atomic E-state index is -0.0293. The third kappa shape index (κ3) is 5.05. The fraction of sp³-hybridized carbons (Fsp3) is 0.407. The molecule has 2 aliphatic rings. The fourth-order valence-electron chi connectivity index (χ4n) is 5.13. The summed E-state index contributed by atoms with van der Waals surface area (Å²) < 4.78 is 13.2. The molecule has 4 heterocycles. The lowest BCUT2D eigenvalue weighted by Gasteiger charge is -2.31. The van der Waals surface area contributed by atoms with Crippen molar-refractivity contribution in [1.29, 1.82) is 0 Å². The zero-order valence-electron chi connectivity index (χ0n) is 20.4. The van der Waals surface area contributed by atoms with Crippen molar-refractivity contribution in [3.05, 3.63) is 77.9 Å². The van der Waals surface area contributed by atoms with Gasteiger partial charge in [-0.1, -0.05) is 6.07 Å². The summed E-state index contributed by atoms with van der Waals surface area (Å²) in [7, 11) is 1.69. The van der Waals surface area contributed by atoms with E-state index in [2.05, 4.69) is 56.9 Å². The van der Waals surface area contributed by atoms with Crippen molar-refractivity contribution >= 4 is 17.3 Å². The number of thiocarbonyl (C=S) groups is 1. The molecule has 8 heteroatoms. The van der Waals surface area contributed by atoms with E-state index >= 15 is 0 Å². The molecule has 184 valence electrons. The van der Waals surface area contributed by atoms with Gasteiger partial charge in [0.25, 0.3) is 0 Å². The molecule has 7 nitrogen and oxygen atoms in total. The van der Waals surface area contributed by atoms with E-state index in [9.17, 15) is 0 Å². The molecule has 0 bridgehead atoms. The van der Waals surface area contributed by atoms with Gasteiger partial charge in [0.2, 0.25) is 0 Å². The van der Waals surface area contributed by atoms with Crippen LogP contribution >= 0.6 is 12.2 Å². The largest absolute Gasteiger partial charge is 0.497 e. The van der Waals surface area contributed by atoms with E-state index in [0.717, 1.165) is 68.1 Å². The van der Waals surface area contributed by atoms with Crippen LogP contribution in [0, 0.1) is 6.92 Å². The van der Waals surface area contributed by atoms with Gasteiger partial charge in [0, 0.05) is 49.5 Å². The molecular formula is C27H33N5O2S. The fourth-order valence-corrected chi connectivity index (χ4v) is 5.46. The number of methoxy groups -OCH3 is 1. The number of nitrogens with zero attached hydrogens (tertiary/aromatic N) is 4. The van der Waals surface area contributed by atoms with Crippen LogP contribution < -0.4 is 10.1 Å². The Bertz CT molecular complexity index is 1130. The van der Waals surface area contributed by atoms with Crippen LogP contribution in [-0.2, 0) is 4.74 Å². The van der Waals surface area contributed by atoms with E-state index in [1.54, 1.807) is 7.11 Å². The Balaban J connectivity index is 1.47. The van der Waals surface area contributed by atoms with Crippen molar-refractivity contribution in [2.75, 3.05) is 46.5 Å². The van der Waals surface area contributed by atoms with Crippen molar-refractivity contribution in [2.45, 2.75) is 25.4 Å². The Morgan fingerprint density at radius 3 is 2.57 bits per heavy atom. The van der Waals surface area contributed by atoms with E-state index < -0.39 is 0 Å². The number of benzene rings is 1. The van der Waals surface area contributed by atoms with E-state index in [0.29, 0.717) is 0 Å². The van der Waals surface area contributed by atoms with Crippen LogP contribution in [0.4, 0.5) is 0 Å². The van der Waals surface area contributed by atoms with Crippen molar-refractivity contribution in [1.82, 2.24) is 24.7 Å². The summed E-state index contributed by atoms with van der Waals surface area (Å²) in [6.45, 7) is 7.72.